The highest BCUT2D eigenvalue weighted by atomic mass is 16.5. The highest BCUT2D eigenvalue weighted by Crippen LogP contribution is 2.22. The lowest BCUT2D eigenvalue weighted by Crippen LogP contribution is -2.39. The van der Waals surface area contributed by atoms with E-state index >= 15 is 0 Å². The number of phenolic OH excluding ortho intramolecular Hbond substituents is 1. The second-order valence-corrected chi connectivity index (χ2v) is 4.79. The lowest BCUT2D eigenvalue weighted by Gasteiger charge is -2.22. The van der Waals surface area contributed by atoms with E-state index < -0.39 is 11.7 Å². The van der Waals surface area contributed by atoms with Crippen LogP contribution in [0.2, 0.25) is 0 Å². The molecular weight excluding hydrogens is 270 g/mol. The van der Waals surface area contributed by atoms with Crippen LogP contribution in [0.15, 0.2) is 54.6 Å². The van der Waals surface area contributed by atoms with Crippen LogP contribution in [0.25, 0.3) is 0 Å². The van der Waals surface area contributed by atoms with Crippen molar-refractivity contribution < 1.29 is 19.7 Å². The maximum absolute atomic E-state index is 11.8. The smallest absolute Gasteiger partial charge is 0.310 e. The van der Waals surface area contributed by atoms with Crippen molar-refractivity contribution in [3.05, 3.63) is 65.7 Å². The molecule has 0 amide bonds. The predicted octanol–water partition coefficient (Wildman–Crippen LogP) is 1.63. The Morgan fingerprint density at radius 1 is 1.10 bits per heavy atom. The lowest BCUT2D eigenvalue weighted by atomic mass is 10.0. The normalized spacial score (nSPS) is 13.4. The SMILES string of the molecule is N[C@](O)(CC(=O)OCc1ccccc1)c1ccc(O)cc1. The number of rotatable bonds is 5. The summed E-state index contributed by atoms with van der Waals surface area (Å²) >= 11 is 0. The number of aromatic hydroxyl groups is 1. The van der Waals surface area contributed by atoms with Gasteiger partial charge < -0.3 is 14.9 Å². The second kappa shape index (κ2) is 6.39. The van der Waals surface area contributed by atoms with Crippen LogP contribution in [0, 0.1) is 0 Å². The molecule has 0 saturated heterocycles. The fourth-order valence-electron chi connectivity index (χ4n) is 1.86. The minimum atomic E-state index is -1.83. The van der Waals surface area contributed by atoms with Gasteiger partial charge in [0.25, 0.3) is 0 Å². The van der Waals surface area contributed by atoms with Crippen LogP contribution in [-0.4, -0.2) is 16.2 Å². The summed E-state index contributed by atoms with van der Waals surface area (Å²) in [4.78, 5) is 11.8. The first-order chi connectivity index (χ1) is 9.97. The molecule has 110 valence electrons. The molecule has 0 radical (unpaired) electrons. The summed E-state index contributed by atoms with van der Waals surface area (Å²) in [6, 6.07) is 14.9. The number of nitrogens with two attached hydrogens (primary N) is 1. The van der Waals surface area contributed by atoms with Crippen molar-refractivity contribution in [1.29, 1.82) is 0 Å². The van der Waals surface area contributed by atoms with E-state index in [1.807, 2.05) is 30.3 Å². The van der Waals surface area contributed by atoms with Gasteiger partial charge in [0.05, 0.1) is 6.42 Å². The van der Waals surface area contributed by atoms with Gasteiger partial charge in [0, 0.05) is 0 Å². The number of carbonyl (C=O) groups excluding carboxylic acids is 1. The summed E-state index contributed by atoms with van der Waals surface area (Å²) in [6.07, 6.45) is -0.370. The van der Waals surface area contributed by atoms with Crippen LogP contribution in [0.5, 0.6) is 5.75 Å². The topological polar surface area (TPSA) is 92.8 Å². The lowest BCUT2D eigenvalue weighted by molar-refractivity contribution is -0.150. The van der Waals surface area contributed by atoms with Gasteiger partial charge in [-0.3, -0.25) is 10.5 Å². The Kier molecular flexibility index (Phi) is 4.57. The van der Waals surface area contributed by atoms with Gasteiger partial charge in [0.1, 0.15) is 18.1 Å². The molecule has 2 rings (SSSR count). The molecule has 0 aliphatic heterocycles. The minimum absolute atomic E-state index is 0.0567. The van der Waals surface area contributed by atoms with E-state index in [0.717, 1.165) is 5.56 Å². The van der Waals surface area contributed by atoms with Crippen LogP contribution in [0.3, 0.4) is 0 Å². The number of hydrogen-bond acceptors (Lipinski definition) is 5. The first kappa shape index (κ1) is 15.0. The van der Waals surface area contributed by atoms with Crippen molar-refractivity contribution in [2.24, 2.45) is 5.73 Å². The quantitative estimate of drug-likeness (QED) is 0.574. The summed E-state index contributed by atoms with van der Waals surface area (Å²) < 4.78 is 5.08. The zero-order valence-electron chi connectivity index (χ0n) is 11.4. The van der Waals surface area contributed by atoms with E-state index in [9.17, 15) is 15.0 Å². The third-order valence-electron chi connectivity index (χ3n) is 3.02. The van der Waals surface area contributed by atoms with Crippen molar-refractivity contribution >= 4 is 5.97 Å². The number of hydrogen-bond donors (Lipinski definition) is 3. The fourth-order valence-corrected chi connectivity index (χ4v) is 1.86. The molecule has 0 unspecified atom stereocenters. The zero-order chi connectivity index (χ0) is 15.3. The maximum Gasteiger partial charge on any atom is 0.310 e. The van der Waals surface area contributed by atoms with Crippen molar-refractivity contribution in [3.8, 4) is 5.75 Å². The number of esters is 1. The van der Waals surface area contributed by atoms with E-state index in [0.29, 0.717) is 5.56 Å². The van der Waals surface area contributed by atoms with Gasteiger partial charge in [0.2, 0.25) is 0 Å². The van der Waals surface area contributed by atoms with Crippen molar-refractivity contribution in [2.75, 3.05) is 0 Å². The van der Waals surface area contributed by atoms with Gasteiger partial charge >= 0.3 is 5.97 Å². The molecule has 5 heteroatoms. The summed E-state index contributed by atoms with van der Waals surface area (Å²) in [6.45, 7) is 0.130. The summed E-state index contributed by atoms with van der Waals surface area (Å²) in [5.74, 6) is -0.543. The Bertz CT molecular complexity index is 593. The third-order valence-corrected chi connectivity index (χ3v) is 3.02. The molecule has 0 bridgehead atoms. The molecule has 0 spiro atoms. The Morgan fingerprint density at radius 3 is 2.33 bits per heavy atom. The third kappa shape index (κ3) is 4.30. The van der Waals surface area contributed by atoms with E-state index in [4.69, 9.17) is 10.5 Å². The van der Waals surface area contributed by atoms with E-state index in [2.05, 4.69) is 0 Å². The van der Waals surface area contributed by atoms with Gasteiger partial charge in [-0.2, -0.15) is 0 Å². The number of benzene rings is 2. The average Bonchev–Trinajstić information content (AvgIpc) is 2.46. The monoisotopic (exact) mass is 287 g/mol. The Hall–Kier alpha value is -2.37. The molecule has 0 saturated carbocycles. The Morgan fingerprint density at radius 2 is 1.71 bits per heavy atom. The minimum Gasteiger partial charge on any atom is -0.508 e. The molecule has 4 N–H and O–H groups in total. The zero-order valence-corrected chi connectivity index (χ0v) is 11.4. The molecule has 2 aromatic rings. The van der Waals surface area contributed by atoms with Gasteiger partial charge in [0.15, 0.2) is 0 Å². The van der Waals surface area contributed by atoms with Crippen molar-refractivity contribution in [1.82, 2.24) is 0 Å². The summed E-state index contributed by atoms with van der Waals surface area (Å²) in [5.41, 5.74) is 5.09. The Balaban J connectivity index is 1.93. The number of aliphatic hydroxyl groups is 1. The Labute approximate surface area is 122 Å². The molecular formula is C16H17NO4. The molecule has 0 aromatic heterocycles. The van der Waals surface area contributed by atoms with Crippen LogP contribution in [-0.2, 0) is 21.9 Å². The molecule has 1 atom stereocenters. The van der Waals surface area contributed by atoms with Gasteiger partial charge in [-0.25, -0.2) is 0 Å². The molecule has 0 aliphatic rings. The summed E-state index contributed by atoms with van der Waals surface area (Å²) in [7, 11) is 0. The van der Waals surface area contributed by atoms with Crippen molar-refractivity contribution in [3.63, 3.8) is 0 Å². The molecule has 0 aliphatic carbocycles. The van der Waals surface area contributed by atoms with E-state index in [1.165, 1.54) is 24.3 Å². The number of ether oxygens (including phenoxy) is 1. The van der Waals surface area contributed by atoms with Crippen LogP contribution in [0.4, 0.5) is 0 Å². The summed E-state index contributed by atoms with van der Waals surface area (Å²) in [5, 5.41) is 19.3. The van der Waals surface area contributed by atoms with Crippen LogP contribution >= 0.6 is 0 Å². The first-order valence-corrected chi connectivity index (χ1v) is 6.48. The predicted molar refractivity (Wildman–Crippen MR) is 77.0 cm³/mol. The average molecular weight is 287 g/mol. The largest absolute Gasteiger partial charge is 0.508 e. The maximum atomic E-state index is 11.8. The van der Waals surface area contributed by atoms with Gasteiger partial charge in [-0.1, -0.05) is 42.5 Å². The van der Waals surface area contributed by atoms with E-state index in [-0.39, 0.29) is 18.8 Å². The highest BCUT2D eigenvalue weighted by Gasteiger charge is 2.28. The fraction of sp³-hybridized carbons (Fsp3) is 0.188. The van der Waals surface area contributed by atoms with E-state index in [1.54, 1.807) is 0 Å². The molecule has 2 aromatic carbocycles. The molecule has 21 heavy (non-hydrogen) atoms. The second-order valence-electron chi connectivity index (χ2n) is 4.79. The van der Waals surface area contributed by atoms with Crippen LogP contribution < -0.4 is 5.73 Å². The first-order valence-electron chi connectivity index (χ1n) is 6.48. The van der Waals surface area contributed by atoms with Crippen molar-refractivity contribution in [2.45, 2.75) is 18.8 Å². The highest BCUT2D eigenvalue weighted by molar-refractivity contribution is 5.71. The van der Waals surface area contributed by atoms with Gasteiger partial charge in [-0.15, -0.1) is 0 Å². The molecule has 0 heterocycles. The van der Waals surface area contributed by atoms with Gasteiger partial charge in [-0.05, 0) is 23.3 Å². The number of phenols is 1. The van der Waals surface area contributed by atoms with Crippen LogP contribution in [0.1, 0.15) is 17.5 Å². The number of carbonyl (C=O) groups is 1. The standard InChI is InChI=1S/C16H17NO4/c17-16(20,13-6-8-14(18)9-7-13)10-15(19)21-11-12-4-2-1-3-5-12/h1-9,18,20H,10-11,17H2/t16-/m0/s1. The molecule has 0 fully saturated rings. The molecule has 5 nitrogen and oxygen atoms in total.